The molecule has 0 fully saturated rings. The first-order valence-corrected chi connectivity index (χ1v) is 6.60. The SMILES string of the molecule is CCOC(=O)NCCC(=O)NNC(=O)c1ccccc1C. The van der Waals surface area contributed by atoms with E-state index >= 15 is 0 Å². The van der Waals surface area contributed by atoms with Crippen molar-refractivity contribution in [3.05, 3.63) is 35.4 Å². The van der Waals surface area contributed by atoms with Crippen LogP contribution in [0.1, 0.15) is 29.3 Å². The predicted octanol–water partition coefficient (Wildman–Crippen LogP) is 0.892. The maximum absolute atomic E-state index is 11.8. The van der Waals surface area contributed by atoms with Crippen LogP contribution in [0.2, 0.25) is 0 Å². The van der Waals surface area contributed by atoms with Crippen molar-refractivity contribution in [3.8, 4) is 0 Å². The number of amides is 3. The molecule has 0 bridgehead atoms. The summed E-state index contributed by atoms with van der Waals surface area (Å²) in [4.78, 5) is 34.3. The quantitative estimate of drug-likeness (QED) is 0.702. The highest BCUT2D eigenvalue weighted by Crippen LogP contribution is 2.05. The Hall–Kier alpha value is -2.57. The Morgan fingerprint density at radius 2 is 1.86 bits per heavy atom. The summed E-state index contributed by atoms with van der Waals surface area (Å²) in [6.45, 7) is 3.89. The van der Waals surface area contributed by atoms with E-state index in [0.717, 1.165) is 5.56 Å². The summed E-state index contributed by atoms with van der Waals surface area (Å²) in [5.74, 6) is -0.798. The molecule has 0 saturated heterocycles. The molecule has 0 aliphatic heterocycles. The molecule has 7 heteroatoms. The van der Waals surface area contributed by atoms with Gasteiger partial charge in [0.1, 0.15) is 0 Å². The van der Waals surface area contributed by atoms with Crippen LogP contribution in [0, 0.1) is 6.92 Å². The lowest BCUT2D eigenvalue weighted by Gasteiger charge is -2.09. The zero-order valence-electron chi connectivity index (χ0n) is 12.1. The summed E-state index contributed by atoms with van der Waals surface area (Å²) in [5.41, 5.74) is 5.91. The summed E-state index contributed by atoms with van der Waals surface area (Å²) in [6, 6.07) is 7.04. The molecule has 114 valence electrons. The molecule has 0 radical (unpaired) electrons. The van der Waals surface area contributed by atoms with Crippen LogP contribution < -0.4 is 16.2 Å². The lowest BCUT2D eigenvalue weighted by Crippen LogP contribution is -2.43. The van der Waals surface area contributed by atoms with Gasteiger partial charge in [0.05, 0.1) is 6.61 Å². The smallest absolute Gasteiger partial charge is 0.407 e. The highest BCUT2D eigenvalue weighted by molar-refractivity contribution is 5.96. The molecule has 1 aromatic carbocycles. The average Bonchev–Trinajstić information content (AvgIpc) is 2.45. The fourth-order valence-electron chi connectivity index (χ4n) is 1.54. The van der Waals surface area contributed by atoms with Crippen LogP contribution in [0.4, 0.5) is 4.79 Å². The van der Waals surface area contributed by atoms with Gasteiger partial charge in [0.15, 0.2) is 0 Å². The van der Waals surface area contributed by atoms with E-state index in [-0.39, 0.29) is 25.5 Å². The third-order valence-electron chi connectivity index (χ3n) is 2.60. The number of ether oxygens (including phenoxy) is 1. The van der Waals surface area contributed by atoms with Gasteiger partial charge in [0, 0.05) is 18.5 Å². The van der Waals surface area contributed by atoms with Gasteiger partial charge in [-0.3, -0.25) is 20.4 Å². The van der Waals surface area contributed by atoms with E-state index in [0.29, 0.717) is 5.56 Å². The molecule has 7 nitrogen and oxygen atoms in total. The van der Waals surface area contributed by atoms with Gasteiger partial charge in [-0.2, -0.15) is 0 Å². The van der Waals surface area contributed by atoms with Crippen LogP contribution in [0.5, 0.6) is 0 Å². The highest BCUT2D eigenvalue weighted by atomic mass is 16.5. The first-order chi connectivity index (χ1) is 10.0. The minimum absolute atomic E-state index is 0.0346. The van der Waals surface area contributed by atoms with Gasteiger partial charge in [-0.1, -0.05) is 18.2 Å². The fourth-order valence-corrected chi connectivity index (χ4v) is 1.54. The summed E-state index contributed by atoms with van der Waals surface area (Å²) in [7, 11) is 0. The van der Waals surface area contributed by atoms with Crippen molar-refractivity contribution in [2.24, 2.45) is 0 Å². The molecular weight excluding hydrogens is 274 g/mol. The van der Waals surface area contributed by atoms with E-state index in [1.165, 1.54) is 0 Å². The number of benzene rings is 1. The predicted molar refractivity (Wildman–Crippen MR) is 76.4 cm³/mol. The second-order valence-electron chi connectivity index (χ2n) is 4.21. The first kappa shape index (κ1) is 16.5. The van der Waals surface area contributed by atoms with Crippen molar-refractivity contribution in [3.63, 3.8) is 0 Å². The summed E-state index contributed by atoms with van der Waals surface area (Å²) in [6.07, 6.45) is -0.540. The molecule has 1 rings (SSSR count). The van der Waals surface area contributed by atoms with Crippen LogP contribution in [-0.2, 0) is 9.53 Å². The van der Waals surface area contributed by atoms with Crippen molar-refractivity contribution < 1.29 is 19.1 Å². The molecule has 0 aliphatic carbocycles. The van der Waals surface area contributed by atoms with E-state index in [1.54, 1.807) is 32.0 Å². The monoisotopic (exact) mass is 293 g/mol. The van der Waals surface area contributed by atoms with Gasteiger partial charge in [0.25, 0.3) is 5.91 Å². The maximum atomic E-state index is 11.8. The van der Waals surface area contributed by atoms with Crippen LogP contribution in [-0.4, -0.2) is 31.1 Å². The number of carbonyl (C=O) groups excluding carboxylic acids is 3. The number of hydrogen-bond acceptors (Lipinski definition) is 4. The number of carbonyl (C=O) groups is 3. The minimum atomic E-state index is -0.575. The van der Waals surface area contributed by atoms with Gasteiger partial charge in [0.2, 0.25) is 5.91 Å². The van der Waals surface area contributed by atoms with Gasteiger partial charge in [-0.05, 0) is 25.5 Å². The van der Waals surface area contributed by atoms with Crippen LogP contribution in [0.25, 0.3) is 0 Å². The van der Waals surface area contributed by atoms with Crippen molar-refractivity contribution in [1.82, 2.24) is 16.2 Å². The molecule has 0 aliphatic rings. The third-order valence-corrected chi connectivity index (χ3v) is 2.60. The van der Waals surface area contributed by atoms with E-state index < -0.39 is 12.0 Å². The standard InChI is InChI=1S/C14H19N3O4/c1-3-21-14(20)15-9-8-12(18)16-17-13(19)11-7-5-4-6-10(11)2/h4-7H,3,8-9H2,1-2H3,(H,15,20)(H,16,18)(H,17,19). The van der Waals surface area contributed by atoms with Crippen molar-refractivity contribution >= 4 is 17.9 Å². The number of hydrogen-bond donors (Lipinski definition) is 3. The Labute approximate surface area is 123 Å². The van der Waals surface area contributed by atoms with Gasteiger partial charge >= 0.3 is 6.09 Å². The zero-order chi connectivity index (χ0) is 15.7. The molecule has 0 atom stereocenters. The molecule has 0 heterocycles. The first-order valence-electron chi connectivity index (χ1n) is 6.60. The number of nitrogens with one attached hydrogen (secondary N) is 3. The average molecular weight is 293 g/mol. The topological polar surface area (TPSA) is 96.5 Å². The van der Waals surface area contributed by atoms with Gasteiger partial charge in [-0.25, -0.2) is 4.79 Å². The van der Waals surface area contributed by atoms with Crippen LogP contribution in [0.3, 0.4) is 0 Å². The molecule has 0 aromatic heterocycles. The summed E-state index contributed by atoms with van der Waals surface area (Å²) in [5, 5.41) is 2.41. The van der Waals surface area contributed by atoms with Crippen molar-refractivity contribution in [2.45, 2.75) is 20.3 Å². The minimum Gasteiger partial charge on any atom is -0.450 e. The Morgan fingerprint density at radius 3 is 2.52 bits per heavy atom. The molecule has 0 unspecified atom stereocenters. The summed E-state index contributed by atoms with van der Waals surface area (Å²) >= 11 is 0. The number of rotatable bonds is 5. The van der Waals surface area contributed by atoms with E-state index in [1.807, 2.05) is 6.07 Å². The normalized spacial score (nSPS) is 9.62. The molecule has 3 N–H and O–H groups in total. The van der Waals surface area contributed by atoms with Crippen LogP contribution >= 0.6 is 0 Å². The number of aryl methyl sites for hydroxylation is 1. The van der Waals surface area contributed by atoms with E-state index in [4.69, 9.17) is 0 Å². The van der Waals surface area contributed by atoms with Crippen molar-refractivity contribution in [2.75, 3.05) is 13.2 Å². The Balaban J connectivity index is 2.29. The van der Waals surface area contributed by atoms with Gasteiger partial charge < -0.3 is 10.1 Å². The molecule has 0 spiro atoms. The fraction of sp³-hybridized carbons (Fsp3) is 0.357. The third kappa shape index (κ3) is 5.94. The highest BCUT2D eigenvalue weighted by Gasteiger charge is 2.09. The van der Waals surface area contributed by atoms with E-state index in [2.05, 4.69) is 20.9 Å². The molecule has 1 aromatic rings. The lowest BCUT2D eigenvalue weighted by molar-refractivity contribution is -0.121. The Kier molecular flexibility index (Phi) is 6.73. The second kappa shape index (κ2) is 8.57. The Morgan fingerprint density at radius 1 is 1.14 bits per heavy atom. The molecule has 21 heavy (non-hydrogen) atoms. The van der Waals surface area contributed by atoms with Crippen molar-refractivity contribution in [1.29, 1.82) is 0 Å². The molecule has 0 saturated carbocycles. The van der Waals surface area contributed by atoms with Gasteiger partial charge in [-0.15, -0.1) is 0 Å². The molecular formula is C14H19N3O4. The zero-order valence-corrected chi connectivity index (χ0v) is 12.1. The Bertz CT molecular complexity index is 517. The largest absolute Gasteiger partial charge is 0.450 e. The summed E-state index contributed by atoms with van der Waals surface area (Å²) < 4.78 is 4.64. The van der Waals surface area contributed by atoms with E-state index in [9.17, 15) is 14.4 Å². The second-order valence-corrected chi connectivity index (χ2v) is 4.21. The number of alkyl carbamates (subject to hydrolysis) is 1. The molecule has 3 amide bonds. The lowest BCUT2D eigenvalue weighted by atomic mass is 10.1. The number of hydrazine groups is 1. The van der Waals surface area contributed by atoms with Crippen LogP contribution in [0.15, 0.2) is 24.3 Å². The maximum Gasteiger partial charge on any atom is 0.407 e.